The summed E-state index contributed by atoms with van der Waals surface area (Å²) < 4.78 is 0. The number of thiocarbonyl (C=S) groups is 1. The van der Waals surface area contributed by atoms with Gasteiger partial charge in [0.05, 0.1) is 18.6 Å². The number of carbonyl (C=O) groups excluding carboxylic acids is 2. The van der Waals surface area contributed by atoms with Gasteiger partial charge in [0.25, 0.3) is 0 Å². The molecule has 0 aromatic heterocycles. The zero-order valence-corrected chi connectivity index (χ0v) is 17.4. The lowest BCUT2D eigenvalue weighted by Gasteiger charge is -2.28. The summed E-state index contributed by atoms with van der Waals surface area (Å²) in [4.78, 5) is 28.3. The molecule has 6 heteroatoms. The van der Waals surface area contributed by atoms with Crippen LogP contribution in [0.3, 0.4) is 0 Å². The van der Waals surface area contributed by atoms with E-state index in [1.54, 1.807) is 4.90 Å². The molecule has 0 bridgehead atoms. The normalized spacial score (nSPS) is 26.0. The van der Waals surface area contributed by atoms with Crippen LogP contribution < -0.4 is 5.32 Å². The molecular weight excluding hydrogens is 384 g/mol. The number of allylic oxidation sites excluding steroid dienone is 1. The zero-order valence-electron chi connectivity index (χ0n) is 16.6. The molecule has 2 heterocycles. The van der Waals surface area contributed by atoms with Gasteiger partial charge in [-0.2, -0.15) is 0 Å². The Labute approximate surface area is 177 Å². The van der Waals surface area contributed by atoms with Crippen LogP contribution in [0.5, 0.6) is 0 Å². The van der Waals surface area contributed by atoms with Gasteiger partial charge in [-0.05, 0) is 43.2 Å². The SMILES string of the molecule is O=C(CCCC1=Cc2ccccc2C1)C1C(=S)CN[C@@H]1C(=O)N1CCC[C@H]1CO. The highest BCUT2D eigenvalue weighted by molar-refractivity contribution is 7.80. The van der Waals surface area contributed by atoms with Crippen LogP contribution in [0.2, 0.25) is 0 Å². The Morgan fingerprint density at radius 1 is 1.28 bits per heavy atom. The molecule has 5 nitrogen and oxygen atoms in total. The summed E-state index contributed by atoms with van der Waals surface area (Å²) in [7, 11) is 0. The number of hydrogen-bond acceptors (Lipinski definition) is 5. The van der Waals surface area contributed by atoms with Gasteiger partial charge in [-0.15, -0.1) is 0 Å². The van der Waals surface area contributed by atoms with Gasteiger partial charge < -0.3 is 15.3 Å². The maximum atomic E-state index is 13.0. The number of ketones is 1. The molecule has 29 heavy (non-hydrogen) atoms. The molecule has 4 rings (SSSR count). The van der Waals surface area contributed by atoms with Crippen LogP contribution in [0, 0.1) is 5.92 Å². The molecule has 1 aliphatic carbocycles. The van der Waals surface area contributed by atoms with Crippen molar-refractivity contribution in [3.63, 3.8) is 0 Å². The number of nitrogens with one attached hydrogen (secondary N) is 1. The maximum Gasteiger partial charge on any atom is 0.241 e. The molecule has 0 radical (unpaired) electrons. The minimum Gasteiger partial charge on any atom is -0.394 e. The molecule has 1 unspecified atom stereocenters. The summed E-state index contributed by atoms with van der Waals surface area (Å²) in [5.74, 6) is -0.546. The number of carbonyl (C=O) groups is 2. The number of rotatable bonds is 7. The van der Waals surface area contributed by atoms with E-state index < -0.39 is 12.0 Å². The minimum absolute atomic E-state index is 0.0287. The average molecular weight is 413 g/mol. The van der Waals surface area contributed by atoms with Crippen molar-refractivity contribution in [3.8, 4) is 0 Å². The summed E-state index contributed by atoms with van der Waals surface area (Å²) in [5.41, 5.74) is 4.00. The van der Waals surface area contributed by atoms with Crippen molar-refractivity contribution < 1.29 is 14.7 Å². The third-order valence-corrected chi connectivity index (χ3v) is 6.81. The van der Waals surface area contributed by atoms with E-state index in [2.05, 4.69) is 35.7 Å². The van der Waals surface area contributed by atoms with Crippen LogP contribution in [0.4, 0.5) is 0 Å². The molecule has 2 fully saturated rings. The number of aliphatic hydroxyl groups is 1. The van der Waals surface area contributed by atoms with Crippen molar-refractivity contribution in [3.05, 3.63) is 41.0 Å². The van der Waals surface area contributed by atoms with Gasteiger partial charge in [-0.1, -0.05) is 48.1 Å². The lowest BCUT2D eigenvalue weighted by molar-refractivity contribution is -0.137. The lowest BCUT2D eigenvalue weighted by atomic mass is 9.90. The molecule has 1 aromatic rings. The molecule has 1 amide bonds. The first-order chi connectivity index (χ1) is 14.1. The van der Waals surface area contributed by atoms with Crippen molar-refractivity contribution >= 4 is 34.8 Å². The summed E-state index contributed by atoms with van der Waals surface area (Å²) >= 11 is 5.44. The second-order valence-electron chi connectivity index (χ2n) is 8.31. The number of nitrogens with zero attached hydrogens (tertiary/aromatic N) is 1. The number of hydrogen-bond donors (Lipinski definition) is 2. The number of likely N-dealkylation sites (tertiary alicyclic amines) is 1. The molecule has 2 N–H and O–H groups in total. The summed E-state index contributed by atoms with van der Waals surface area (Å²) in [6.07, 6.45) is 7.02. The Kier molecular flexibility index (Phi) is 6.23. The molecule has 0 spiro atoms. The number of fused-ring (bicyclic) bond motifs is 1. The Hall–Kier alpha value is -1.89. The van der Waals surface area contributed by atoms with Gasteiger partial charge in [0.1, 0.15) is 11.8 Å². The second-order valence-corrected chi connectivity index (χ2v) is 8.84. The number of benzene rings is 1. The average Bonchev–Trinajstić information content (AvgIpc) is 3.44. The molecule has 1 aromatic carbocycles. The van der Waals surface area contributed by atoms with E-state index in [1.807, 2.05) is 0 Å². The van der Waals surface area contributed by atoms with E-state index in [1.165, 1.54) is 16.7 Å². The topological polar surface area (TPSA) is 69.6 Å². The standard InChI is InChI=1S/C23H28N2O3S/c26-14-18-8-4-10-25(18)23(28)22-21(20(29)13-24-22)19(27)9-3-5-15-11-16-6-1-2-7-17(16)12-15/h1-2,6-7,11,18,21-22,24,26H,3-5,8-10,12-14H2/t18-,21?,22-/m0/s1. The van der Waals surface area contributed by atoms with E-state index in [9.17, 15) is 14.7 Å². The zero-order chi connectivity index (χ0) is 20.4. The smallest absolute Gasteiger partial charge is 0.241 e. The predicted octanol–water partition coefficient (Wildman–Crippen LogP) is 2.31. The fourth-order valence-corrected chi connectivity index (χ4v) is 5.22. The third kappa shape index (κ3) is 4.20. The predicted molar refractivity (Wildman–Crippen MR) is 117 cm³/mol. The van der Waals surface area contributed by atoms with Crippen molar-refractivity contribution in [1.82, 2.24) is 10.2 Å². The van der Waals surface area contributed by atoms with E-state index in [4.69, 9.17) is 12.2 Å². The summed E-state index contributed by atoms with van der Waals surface area (Å²) in [6.45, 7) is 1.05. The maximum absolute atomic E-state index is 13.0. The van der Waals surface area contributed by atoms with E-state index in [0.717, 1.165) is 32.1 Å². The Bertz CT molecular complexity index is 850. The second kappa shape index (κ2) is 8.86. The van der Waals surface area contributed by atoms with Crippen LogP contribution in [0.25, 0.3) is 6.08 Å². The van der Waals surface area contributed by atoms with Crippen LogP contribution in [0.1, 0.15) is 43.2 Å². The van der Waals surface area contributed by atoms with Crippen molar-refractivity contribution in [1.29, 1.82) is 0 Å². The molecule has 154 valence electrons. The Balaban J connectivity index is 1.33. The van der Waals surface area contributed by atoms with Crippen LogP contribution in [-0.4, -0.2) is 58.3 Å². The quantitative estimate of drug-likeness (QED) is 0.673. The molecule has 2 saturated heterocycles. The summed E-state index contributed by atoms with van der Waals surface area (Å²) in [6, 6.07) is 7.69. The molecule has 0 saturated carbocycles. The van der Waals surface area contributed by atoms with Crippen molar-refractivity contribution in [2.75, 3.05) is 19.7 Å². The molecule has 2 aliphatic heterocycles. The fourth-order valence-electron chi connectivity index (χ4n) is 4.87. The highest BCUT2D eigenvalue weighted by Gasteiger charge is 2.44. The van der Waals surface area contributed by atoms with Gasteiger partial charge in [-0.25, -0.2) is 0 Å². The van der Waals surface area contributed by atoms with Crippen LogP contribution in [0.15, 0.2) is 29.8 Å². The number of aliphatic hydroxyl groups excluding tert-OH is 1. The van der Waals surface area contributed by atoms with Crippen molar-refractivity contribution in [2.45, 2.75) is 50.6 Å². The number of amides is 1. The van der Waals surface area contributed by atoms with E-state index in [0.29, 0.717) is 24.4 Å². The first-order valence-electron chi connectivity index (χ1n) is 10.6. The van der Waals surface area contributed by atoms with Gasteiger partial charge in [0.2, 0.25) is 5.91 Å². The molecular formula is C23H28N2O3S. The van der Waals surface area contributed by atoms with Gasteiger partial charge in [-0.3, -0.25) is 9.59 Å². The lowest BCUT2D eigenvalue weighted by Crippen LogP contribution is -2.50. The number of Topliss-reactive ketones (excluding diaryl/α,β-unsaturated/α-hetero) is 1. The van der Waals surface area contributed by atoms with Crippen LogP contribution in [-0.2, 0) is 16.0 Å². The monoisotopic (exact) mass is 412 g/mol. The largest absolute Gasteiger partial charge is 0.394 e. The van der Waals surface area contributed by atoms with E-state index in [-0.39, 0.29) is 24.3 Å². The third-order valence-electron chi connectivity index (χ3n) is 6.41. The molecule has 3 aliphatic rings. The molecule has 3 atom stereocenters. The van der Waals surface area contributed by atoms with Gasteiger partial charge in [0.15, 0.2) is 0 Å². The van der Waals surface area contributed by atoms with Crippen molar-refractivity contribution in [2.24, 2.45) is 5.92 Å². The summed E-state index contributed by atoms with van der Waals surface area (Å²) in [5, 5.41) is 12.7. The fraction of sp³-hybridized carbons (Fsp3) is 0.522. The van der Waals surface area contributed by atoms with Gasteiger partial charge in [0, 0.05) is 24.4 Å². The highest BCUT2D eigenvalue weighted by Crippen LogP contribution is 2.29. The Morgan fingerprint density at radius 2 is 2.10 bits per heavy atom. The highest BCUT2D eigenvalue weighted by atomic mass is 32.1. The first kappa shape index (κ1) is 20.4. The van der Waals surface area contributed by atoms with Gasteiger partial charge >= 0.3 is 0 Å². The first-order valence-corrected chi connectivity index (χ1v) is 11.0. The Morgan fingerprint density at radius 3 is 2.90 bits per heavy atom. The van der Waals surface area contributed by atoms with Crippen LogP contribution >= 0.6 is 12.2 Å². The van der Waals surface area contributed by atoms with E-state index >= 15 is 0 Å². The minimum atomic E-state index is -0.572.